The average molecular weight is 269 g/mol. The molecule has 0 spiro atoms. The SMILES string of the molecule is CC1COc2c(F)c(F)cc3c(=O)n(N)c(=O)n1c23. The lowest BCUT2D eigenvalue weighted by atomic mass is 10.1. The van der Waals surface area contributed by atoms with Crippen molar-refractivity contribution in [2.75, 3.05) is 12.4 Å². The molecule has 8 heteroatoms. The van der Waals surface area contributed by atoms with E-state index in [0.717, 1.165) is 10.6 Å². The second-order valence-electron chi connectivity index (χ2n) is 4.39. The minimum absolute atomic E-state index is 0.0133. The number of nitrogens with two attached hydrogens (primary N) is 1. The van der Waals surface area contributed by atoms with Gasteiger partial charge in [0.05, 0.1) is 11.4 Å². The fraction of sp³-hybridized carbons (Fsp3) is 0.273. The molecule has 1 unspecified atom stereocenters. The van der Waals surface area contributed by atoms with Crippen molar-refractivity contribution in [3.63, 3.8) is 0 Å². The molecule has 1 atom stereocenters. The van der Waals surface area contributed by atoms with Gasteiger partial charge < -0.3 is 10.6 Å². The quantitative estimate of drug-likeness (QED) is 0.688. The molecule has 1 aromatic heterocycles. The van der Waals surface area contributed by atoms with Crippen LogP contribution in [0.4, 0.5) is 8.78 Å². The first kappa shape index (κ1) is 11.7. The van der Waals surface area contributed by atoms with Crippen molar-refractivity contribution in [2.45, 2.75) is 13.0 Å². The highest BCUT2D eigenvalue weighted by molar-refractivity contribution is 5.85. The molecule has 1 aliphatic heterocycles. The third-order valence-corrected chi connectivity index (χ3v) is 3.16. The molecule has 3 rings (SSSR count). The van der Waals surface area contributed by atoms with Crippen LogP contribution in [-0.4, -0.2) is 15.9 Å². The zero-order valence-electron chi connectivity index (χ0n) is 9.81. The highest BCUT2D eigenvalue weighted by atomic mass is 19.2. The highest BCUT2D eigenvalue weighted by Crippen LogP contribution is 2.33. The van der Waals surface area contributed by atoms with Crippen LogP contribution < -0.4 is 21.8 Å². The van der Waals surface area contributed by atoms with E-state index in [1.54, 1.807) is 6.92 Å². The van der Waals surface area contributed by atoms with Gasteiger partial charge in [-0.3, -0.25) is 9.36 Å². The molecule has 0 bridgehead atoms. The van der Waals surface area contributed by atoms with Crippen molar-refractivity contribution in [1.82, 2.24) is 9.24 Å². The predicted octanol–water partition coefficient (Wildman–Crippen LogP) is 0.109. The number of rotatable bonds is 0. The second kappa shape index (κ2) is 3.56. The van der Waals surface area contributed by atoms with Crippen molar-refractivity contribution in [1.29, 1.82) is 0 Å². The number of ether oxygens (including phenoxy) is 1. The van der Waals surface area contributed by atoms with Gasteiger partial charge in [0.2, 0.25) is 5.82 Å². The van der Waals surface area contributed by atoms with E-state index >= 15 is 0 Å². The van der Waals surface area contributed by atoms with Crippen LogP contribution in [0.5, 0.6) is 5.75 Å². The molecule has 0 fully saturated rings. The molecule has 2 aromatic rings. The molecule has 0 saturated carbocycles. The van der Waals surface area contributed by atoms with Crippen LogP contribution in [0.15, 0.2) is 15.7 Å². The standard InChI is InChI=1S/C11H9F2N3O3/c1-4-3-19-9-7(13)6(12)2-5-8(9)15(4)11(18)16(14)10(5)17/h2,4H,3,14H2,1H3. The summed E-state index contributed by atoms with van der Waals surface area (Å²) in [7, 11) is 0. The number of benzene rings is 1. The molecule has 2 N–H and O–H groups in total. The van der Waals surface area contributed by atoms with E-state index in [4.69, 9.17) is 10.6 Å². The summed E-state index contributed by atoms with van der Waals surface area (Å²) in [5.41, 5.74) is -1.75. The lowest BCUT2D eigenvalue weighted by molar-refractivity contribution is 0.228. The fourth-order valence-corrected chi connectivity index (χ4v) is 2.24. The first-order valence-electron chi connectivity index (χ1n) is 5.50. The smallest absolute Gasteiger partial charge is 0.350 e. The second-order valence-corrected chi connectivity index (χ2v) is 4.39. The third kappa shape index (κ3) is 1.33. The van der Waals surface area contributed by atoms with Crippen LogP contribution >= 0.6 is 0 Å². The molecule has 0 aliphatic carbocycles. The van der Waals surface area contributed by atoms with Gasteiger partial charge in [-0.05, 0) is 13.0 Å². The van der Waals surface area contributed by atoms with Gasteiger partial charge in [0, 0.05) is 0 Å². The largest absolute Gasteiger partial charge is 0.486 e. The van der Waals surface area contributed by atoms with E-state index in [9.17, 15) is 18.4 Å². The van der Waals surface area contributed by atoms with Gasteiger partial charge in [-0.1, -0.05) is 0 Å². The van der Waals surface area contributed by atoms with Gasteiger partial charge in [-0.15, -0.1) is 0 Å². The average Bonchev–Trinajstić information content (AvgIpc) is 2.38. The van der Waals surface area contributed by atoms with E-state index < -0.39 is 34.7 Å². The molecular weight excluding hydrogens is 260 g/mol. The Morgan fingerprint density at radius 3 is 2.79 bits per heavy atom. The molecule has 2 heterocycles. The number of halogens is 2. The van der Waals surface area contributed by atoms with Gasteiger partial charge in [-0.2, -0.15) is 9.07 Å². The van der Waals surface area contributed by atoms with Gasteiger partial charge in [0.1, 0.15) is 12.1 Å². The maximum absolute atomic E-state index is 13.7. The van der Waals surface area contributed by atoms with Crippen molar-refractivity contribution in [2.24, 2.45) is 0 Å². The van der Waals surface area contributed by atoms with E-state index in [1.165, 1.54) is 0 Å². The Hall–Kier alpha value is -2.38. The Bertz CT molecular complexity index is 825. The predicted molar refractivity (Wildman–Crippen MR) is 62.7 cm³/mol. The van der Waals surface area contributed by atoms with Crippen molar-refractivity contribution in [3.05, 3.63) is 38.5 Å². The summed E-state index contributed by atoms with van der Waals surface area (Å²) in [6, 6.07) is 0.278. The summed E-state index contributed by atoms with van der Waals surface area (Å²) >= 11 is 0. The normalized spacial score (nSPS) is 17.5. The van der Waals surface area contributed by atoms with Gasteiger partial charge >= 0.3 is 5.69 Å². The lowest BCUT2D eigenvalue weighted by Gasteiger charge is -2.26. The molecule has 0 saturated heterocycles. The Morgan fingerprint density at radius 2 is 2.11 bits per heavy atom. The monoisotopic (exact) mass is 269 g/mol. The van der Waals surface area contributed by atoms with Gasteiger partial charge in [0.15, 0.2) is 11.6 Å². The molecule has 19 heavy (non-hydrogen) atoms. The van der Waals surface area contributed by atoms with Crippen LogP contribution in [0.3, 0.4) is 0 Å². The van der Waals surface area contributed by atoms with Crippen LogP contribution in [-0.2, 0) is 0 Å². The number of hydrogen-bond donors (Lipinski definition) is 1. The molecule has 0 radical (unpaired) electrons. The van der Waals surface area contributed by atoms with Crippen LogP contribution in [0.2, 0.25) is 0 Å². The van der Waals surface area contributed by atoms with Crippen molar-refractivity contribution < 1.29 is 13.5 Å². The molecule has 1 aromatic carbocycles. The molecule has 100 valence electrons. The lowest BCUT2D eigenvalue weighted by Crippen LogP contribution is -2.47. The number of nitrogens with zero attached hydrogens (tertiary/aromatic N) is 2. The summed E-state index contributed by atoms with van der Waals surface area (Å²) < 4.78 is 33.7. The first-order chi connectivity index (χ1) is 8.93. The summed E-state index contributed by atoms with van der Waals surface area (Å²) in [5.74, 6) is 2.49. The number of hydrogen-bond acceptors (Lipinski definition) is 4. The van der Waals surface area contributed by atoms with Crippen LogP contribution in [0, 0.1) is 11.6 Å². The van der Waals surface area contributed by atoms with E-state index in [0.29, 0.717) is 4.68 Å². The van der Waals surface area contributed by atoms with Crippen LogP contribution in [0.1, 0.15) is 13.0 Å². The maximum Gasteiger partial charge on any atom is 0.350 e. The van der Waals surface area contributed by atoms with Gasteiger partial charge in [0.25, 0.3) is 5.56 Å². The van der Waals surface area contributed by atoms with E-state index in [2.05, 4.69) is 0 Å². The minimum atomic E-state index is -1.22. The Labute approximate surface area is 104 Å². The first-order valence-corrected chi connectivity index (χ1v) is 5.50. The Balaban J connectivity index is 2.69. The van der Waals surface area contributed by atoms with E-state index in [1.807, 2.05) is 0 Å². The van der Waals surface area contributed by atoms with Gasteiger partial charge in [-0.25, -0.2) is 9.18 Å². The molecule has 6 nitrogen and oxygen atoms in total. The summed E-state index contributed by atoms with van der Waals surface area (Å²) in [6.45, 7) is 1.64. The summed E-state index contributed by atoms with van der Waals surface area (Å²) in [6.07, 6.45) is 0. The summed E-state index contributed by atoms with van der Waals surface area (Å²) in [4.78, 5) is 23.8. The fourth-order valence-electron chi connectivity index (χ4n) is 2.24. The topological polar surface area (TPSA) is 79.2 Å². The number of aromatic nitrogens is 2. The molecule has 0 amide bonds. The van der Waals surface area contributed by atoms with E-state index in [-0.39, 0.29) is 17.5 Å². The minimum Gasteiger partial charge on any atom is -0.486 e. The molecule has 1 aliphatic rings. The Morgan fingerprint density at radius 1 is 1.42 bits per heavy atom. The number of nitrogen functional groups attached to an aromatic ring is 1. The Kier molecular flexibility index (Phi) is 2.19. The zero-order valence-corrected chi connectivity index (χ0v) is 9.81. The molecular formula is C11H9F2N3O3. The van der Waals surface area contributed by atoms with Crippen molar-refractivity contribution >= 4 is 10.9 Å². The maximum atomic E-state index is 13.7. The van der Waals surface area contributed by atoms with Crippen molar-refractivity contribution in [3.8, 4) is 5.75 Å². The third-order valence-electron chi connectivity index (χ3n) is 3.16. The van der Waals surface area contributed by atoms with Crippen LogP contribution in [0.25, 0.3) is 10.9 Å². The summed E-state index contributed by atoms with van der Waals surface area (Å²) in [5, 5.41) is -0.192. The zero-order chi connectivity index (χ0) is 13.9. The highest BCUT2D eigenvalue weighted by Gasteiger charge is 2.28.